The van der Waals surface area contributed by atoms with Crippen LogP contribution in [0.2, 0.25) is 0 Å². The number of fused-ring (bicyclic) bond motifs is 1. The molecule has 2 rings (SSSR count). The molecule has 0 amide bonds. The smallest absolute Gasteiger partial charge is 0.120 e. The highest BCUT2D eigenvalue weighted by molar-refractivity contribution is 5.85. The van der Waals surface area contributed by atoms with Gasteiger partial charge in [0.05, 0.1) is 6.10 Å². The fraction of sp³-hybridized carbons (Fsp3) is 0.429. The predicted octanol–water partition coefficient (Wildman–Crippen LogP) is 3.02. The molecule has 92 valence electrons. The van der Waals surface area contributed by atoms with Gasteiger partial charge in [-0.3, -0.25) is 0 Å². The first-order chi connectivity index (χ1) is 8.11. The van der Waals surface area contributed by atoms with Crippen molar-refractivity contribution >= 4 is 10.9 Å². The molecule has 1 aromatic heterocycles. The van der Waals surface area contributed by atoms with Crippen molar-refractivity contribution in [3.05, 3.63) is 30.0 Å². The number of nitrogens with two attached hydrogens (primary N) is 1. The Morgan fingerprint density at radius 1 is 1.29 bits per heavy atom. The van der Waals surface area contributed by atoms with Gasteiger partial charge in [-0.1, -0.05) is 6.92 Å². The van der Waals surface area contributed by atoms with Crippen molar-refractivity contribution in [1.29, 1.82) is 0 Å². The van der Waals surface area contributed by atoms with Gasteiger partial charge in [-0.15, -0.1) is 0 Å². The number of rotatable bonds is 4. The summed E-state index contributed by atoms with van der Waals surface area (Å²) in [6.45, 7) is 6.86. The molecule has 2 aromatic rings. The third kappa shape index (κ3) is 2.44. The third-order valence-electron chi connectivity index (χ3n) is 2.94. The zero-order valence-corrected chi connectivity index (χ0v) is 10.7. The van der Waals surface area contributed by atoms with Crippen LogP contribution in [-0.4, -0.2) is 17.6 Å². The van der Waals surface area contributed by atoms with E-state index in [2.05, 4.69) is 24.0 Å². The van der Waals surface area contributed by atoms with Gasteiger partial charge in [0.2, 0.25) is 0 Å². The summed E-state index contributed by atoms with van der Waals surface area (Å²) in [5.74, 6) is 1.27. The number of ether oxygens (including phenoxy) is 1. The van der Waals surface area contributed by atoms with Crippen molar-refractivity contribution in [3.63, 3.8) is 0 Å². The molecule has 0 bridgehead atoms. The molecule has 3 nitrogen and oxygen atoms in total. The van der Waals surface area contributed by atoms with E-state index in [1.807, 2.05) is 26.1 Å². The Morgan fingerprint density at radius 2 is 2.06 bits per heavy atom. The van der Waals surface area contributed by atoms with Gasteiger partial charge >= 0.3 is 0 Å². The van der Waals surface area contributed by atoms with Crippen molar-refractivity contribution in [3.8, 4) is 5.75 Å². The van der Waals surface area contributed by atoms with E-state index in [0.29, 0.717) is 12.5 Å². The van der Waals surface area contributed by atoms with E-state index < -0.39 is 0 Å². The summed E-state index contributed by atoms with van der Waals surface area (Å²) in [5, 5.41) is 1.21. The molecule has 17 heavy (non-hydrogen) atoms. The average molecular weight is 232 g/mol. The summed E-state index contributed by atoms with van der Waals surface area (Å²) in [7, 11) is 0. The minimum absolute atomic E-state index is 0.196. The van der Waals surface area contributed by atoms with Gasteiger partial charge < -0.3 is 15.5 Å². The van der Waals surface area contributed by atoms with Crippen LogP contribution < -0.4 is 10.5 Å². The van der Waals surface area contributed by atoms with Gasteiger partial charge in [0.25, 0.3) is 0 Å². The Morgan fingerprint density at radius 3 is 2.71 bits per heavy atom. The van der Waals surface area contributed by atoms with Crippen LogP contribution in [-0.2, 0) is 0 Å². The normalized spacial score (nSPS) is 13.2. The lowest BCUT2D eigenvalue weighted by Gasteiger charge is -2.11. The summed E-state index contributed by atoms with van der Waals surface area (Å²) in [5.41, 5.74) is 8.12. The molecule has 3 heteroatoms. The van der Waals surface area contributed by atoms with E-state index in [-0.39, 0.29) is 6.10 Å². The maximum atomic E-state index is 5.73. The number of aromatic amines is 1. The number of hydrogen-bond donors (Lipinski definition) is 2. The molecule has 0 saturated heterocycles. The molecular formula is C14H20N2O. The predicted molar refractivity (Wildman–Crippen MR) is 71.5 cm³/mol. The maximum Gasteiger partial charge on any atom is 0.120 e. The Balaban J connectivity index is 2.43. The first-order valence-electron chi connectivity index (χ1n) is 6.09. The highest BCUT2D eigenvalue weighted by Gasteiger charge is 2.10. The molecule has 1 unspecified atom stereocenters. The summed E-state index contributed by atoms with van der Waals surface area (Å²) < 4.78 is 5.71. The quantitative estimate of drug-likeness (QED) is 0.851. The lowest BCUT2D eigenvalue weighted by molar-refractivity contribution is 0.243. The third-order valence-corrected chi connectivity index (χ3v) is 2.94. The van der Waals surface area contributed by atoms with E-state index in [1.165, 1.54) is 10.9 Å². The lowest BCUT2D eigenvalue weighted by atomic mass is 10.0. The Labute approximate surface area is 102 Å². The molecule has 0 aliphatic heterocycles. The SMILES string of the molecule is CC(C)Oc1ccc2[nH]cc(C(C)CN)c2c1. The number of hydrogen-bond acceptors (Lipinski definition) is 2. The Bertz CT molecular complexity index is 502. The van der Waals surface area contributed by atoms with Crippen LogP contribution in [0.3, 0.4) is 0 Å². The Kier molecular flexibility index (Phi) is 3.38. The van der Waals surface area contributed by atoms with Crippen molar-refractivity contribution in [2.24, 2.45) is 5.73 Å². The zero-order valence-electron chi connectivity index (χ0n) is 10.7. The fourth-order valence-corrected chi connectivity index (χ4v) is 2.00. The lowest BCUT2D eigenvalue weighted by Crippen LogP contribution is -2.08. The summed E-state index contributed by atoms with van der Waals surface area (Å²) in [6.07, 6.45) is 2.24. The standard InChI is InChI=1S/C14H20N2O/c1-9(2)17-11-4-5-14-12(6-11)13(8-16-14)10(3)7-15/h4-6,8-10,16H,7,15H2,1-3H3. The topological polar surface area (TPSA) is 51.0 Å². The monoisotopic (exact) mass is 232 g/mol. The molecule has 1 aromatic carbocycles. The van der Waals surface area contributed by atoms with Gasteiger partial charge in [-0.2, -0.15) is 0 Å². The van der Waals surface area contributed by atoms with E-state index in [1.54, 1.807) is 0 Å². The largest absolute Gasteiger partial charge is 0.491 e. The molecule has 0 fully saturated rings. The first-order valence-corrected chi connectivity index (χ1v) is 6.09. The number of benzene rings is 1. The molecule has 0 aliphatic carbocycles. The van der Waals surface area contributed by atoms with Gasteiger partial charge in [0, 0.05) is 17.1 Å². The highest BCUT2D eigenvalue weighted by atomic mass is 16.5. The van der Waals surface area contributed by atoms with Gasteiger partial charge in [-0.25, -0.2) is 0 Å². The number of nitrogens with one attached hydrogen (secondary N) is 1. The molecular weight excluding hydrogens is 212 g/mol. The van der Waals surface area contributed by atoms with E-state index in [9.17, 15) is 0 Å². The highest BCUT2D eigenvalue weighted by Crippen LogP contribution is 2.28. The van der Waals surface area contributed by atoms with Crippen LogP contribution in [0.25, 0.3) is 10.9 Å². The second-order valence-electron chi connectivity index (χ2n) is 4.75. The number of H-pyrrole nitrogens is 1. The van der Waals surface area contributed by atoms with E-state index >= 15 is 0 Å². The molecule has 3 N–H and O–H groups in total. The summed E-state index contributed by atoms with van der Waals surface area (Å²) in [4.78, 5) is 3.27. The fourth-order valence-electron chi connectivity index (χ4n) is 2.00. The summed E-state index contributed by atoms with van der Waals surface area (Å²) >= 11 is 0. The van der Waals surface area contributed by atoms with Gasteiger partial charge in [0.1, 0.15) is 5.75 Å². The average Bonchev–Trinajstić information content (AvgIpc) is 2.70. The van der Waals surface area contributed by atoms with Crippen molar-refractivity contribution < 1.29 is 4.74 Å². The second-order valence-corrected chi connectivity index (χ2v) is 4.75. The van der Waals surface area contributed by atoms with Crippen molar-refractivity contribution in [2.75, 3.05) is 6.54 Å². The van der Waals surface area contributed by atoms with Crippen LogP contribution in [0.5, 0.6) is 5.75 Å². The second kappa shape index (κ2) is 4.80. The zero-order chi connectivity index (χ0) is 12.4. The maximum absolute atomic E-state index is 5.73. The molecule has 0 aliphatic rings. The van der Waals surface area contributed by atoms with Crippen LogP contribution >= 0.6 is 0 Å². The van der Waals surface area contributed by atoms with Crippen molar-refractivity contribution in [1.82, 2.24) is 4.98 Å². The van der Waals surface area contributed by atoms with Crippen LogP contribution in [0, 0.1) is 0 Å². The van der Waals surface area contributed by atoms with Crippen LogP contribution in [0.4, 0.5) is 0 Å². The van der Waals surface area contributed by atoms with Crippen molar-refractivity contribution in [2.45, 2.75) is 32.8 Å². The Hall–Kier alpha value is -1.48. The molecule has 0 saturated carbocycles. The molecule has 0 spiro atoms. The van der Waals surface area contributed by atoms with Gasteiger partial charge in [-0.05, 0) is 50.1 Å². The summed E-state index contributed by atoms with van der Waals surface area (Å²) in [6, 6.07) is 6.14. The molecule has 1 heterocycles. The minimum Gasteiger partial charge on any atom is -0.491 e. The molecule has 1 atom stereocenters. The van der Waals surface area contributed by atoms with E-state index in [0.717, 1.165) is 11.3 Å². The van der Waals surface area contributed by atoms with Gasteiger partial charge in [0.15, 0.2) is 0 Å². The van der Waals surface area contributed by atoms with E-state index in [4.69, 9.17) is 10.5 Å². The van der Waals surface area contributed by atoms with Crippen LogP contribution in [0.15, 0.2) is 24.4 Å². The van der Waals surface area contributed by atoms with Crippen LogP contribution in [0.1, 0.15) is 32.3 Å². The minimum atomic E-state index is 0.196. The number of aromatic nitrogens is 1. The molecule has 0 radical (unpaired) electrons. The first kappa shape index (κ1) is 12.0.